The second-order valence-corrected chi connectivity index (χ2v) is 7.44. The van der Waals surface area contributed by atoms with E-state index in [0.717, 1.165) is 42.9 Å². The van der Waals surface area contributed by atoms with E-state index in [4.69, 9.17) is 9.72 Å². The zero-order valence-electron chi connectivity index (χ0n) is 17.1. The van der Waals surface area contributed by atoms with Crippen LogP contribution in [0.25, 0.3) is 11.4 Å². The monoisotopic (exact) mass is 389 g/mol. The Bertz CT molecular complexity index is 1010. The fourth-order valence-corrected chi connectivity index (χ4v) is 3.86. The molecule has 0 radical (unpaired) electrons. The summed E-state index contributed by atoms with van der Waals surface area (Å²) in [6.07, 6.45) is 4.23. The summed E-state index contributed by atoms with van der Waals surface area (Å²) in [5.41, 5.74) is 4.49. The van der Waals surface area contributed by atoms with Crippen LogP contribution in [0.5, 0.6) is 5.75 Å². The average molecular weight is 389 g/mol. The predicted molar refractivity (Wildman–Crippen MR) is 116 cm³/mol. The molecular formula is C24H27N3O2. The number of benzene rings is 2. The van der Waals surface area contributed by atoms with E-state index in [-0.39, 0.29) is 5.91 Å². The fourth-order valence-electron chi connectivity index (χ4n) is 3.86. The number of ether oxygens (including phenoxy) is 1. The van der Waals surface area contributed by atoms with Crippen LogP contribution in [-0.4, -0.2) is 22.1 Å². The maximum Gasteiger partial charge on any atom is 0.276 e. The van der Waals surface area contributed by atoms with Crippen LogP contribution in [0.2, 0.25) is 0 Å². The van der Waals surface area contributed by atoms with E-state index in [9.17, 15) is 4.79 Å². The first-order chi connectivity index (χ1) is 14.2. The molecule has 150 valence electrons. The van der Waals surface area contributed by atoms with Gasteiger partial charge < -0.3 is 14.6 Å². The summed E-state index contributed by atoms with van der Waals surface area (Å²) in [6.45, 7) is 5.45. The highest BCUT2D eigenvalue weighted by atomic mass is 16.5. The maximum absolute atomic E-state index is 13.2. The minimum atomic E-state index is -0.179. The first-order valence-electron chi connectivity index (χ1n) is 10.4. The van der Waals surface area contributed by atoms with Crippen molar-refractivity contribution >= 4 is 11.6 Å². The quantitative estimate of drug-likeness (QED) is 0.649. The molecule has 2 heterocycles. The van der Waals surface area contributed by atoms with Crippen molar-refractivity contribution in [2.75, 3.05) is 11.9 Å². The zero-order valence-corrected chi connectivity index (χ0v) is 17.1. The van der Waals surface area contributed by atoms with Crippen LogP contribution in [0.1, 0.15) is 47.9 Å². The molecule has 1 aromatic heterocycles. The Hall–Kier alpha value is -3.08. The van der Waals surface area contributed by atoms with Crippen molar-refractivity contribution < 1.29 is 9.53 Å². The molecule has 3 aromatic rings. The van der Waals surface area contributed by atoms with Gasteiger partial charge in [-0.05, 0) is 45.2 Å². The number of hydrogen-bond acceptors (Lipinski definition) is 3. The predicted octanol–water partition coefficient (Wildman–Crippen LogP) is 5.24. The number of para-hydroxylation sites is 2. The molecule has 4 rings (SSSR count). The molecule has 5 heteroatoms. The molecule has 1 aliphatic heterocycles. The van der Waals surface area contributed by atoms with Crippen molar-refractivity contribution in [3.8, 4) is 17.1 Å². The van der Waals surface area contributed by atoms with Crippen LogP contribution < -0.4 is 10.1 Å². The molecule has 29 heavy (non-hydrogen) atoms. The van der Waals surface area contributed by atoms with E-state index in [1.165, 1.54) is 12.0 Å². The Morgan fingerprint density at radius 3 is 2.69 bits per heavy atom. The number of imidazole rings is 1. The smallest absolute Gasteiger partial charge is 0.276 e. The molecule has 1 aliphatic rings. The largest absolute Gasteiger partial charge is 0.492 e. The molecular weight excluding hydrogens is 362 g/mol. The van der Waals surface area contributed by atoms with Gasteiger partial charge in [0.25, 0.3) is 5.91 Å². The highest BCUT2D eigenvalue weighted by molar-refractivity contribution is 6.05. The summed E-state index contributed by atoms with van der Waals surface area (Å²) in [5.74, 6) is 1.37. The van der Waals surface area contributed by atoms with Gasteiger partial charge in [0.2, 0.25) is 0 Å². The Balaban J connectivity index is 1.72. The second-order valence-electron chi connectivity index (χ2n) is 7.44. The number of anilines is 1. The standard InChI is InChI=1S/C24H27N3O2/c1-3-29-21-11-7-6-9-19(21)25-24(28)22-20-10-5-4-8-16-27(20)23(26-22)18-14-12-17(2)13-15-18/h6-7,9,11-15H,3-5,8,10,16H2,1-2H3,(H,25,28). The van der Waals surface area contributed by atoms with E-state index < -0.39 is 0 Å². The Labute approximate surface area is 171 Å². The summed E-state index contributed by atoms with van der Waals surface area (Å²) in [6, 6.07) is 15.9. The normalized spacial score (nSPS) is 13.4. The van der Waals surface area contributed by atoms with Gasteiger partial charge in [-0.15, -0.1) is 0 Å². The highest BCUT2D eigenvalue weighted by Crippen LogP contribution is 2.29. The van der Waals surface area contributed by atoms with Gasteiger partial charge in [-0.2, -0.15) is 0 Å². The SMILES string of the molecule is CCOc1ccccc1NC(=O)c1nc(-c2ccc(C)cc2)n2c1CCCCC2. The molecule has 2 aromatic carbocycles. The van der Waals surface area contributed by atoms with Crippen LogP contribution in [0.15, 0.2) is 48.5 Å². The minimum Gasteiger partial charge on any atom is -0.492 e. The van der Waals surface area contributed by atoms with Crippen molar-refractivity contribution in [1.29, 1.82) is 0 Å². The summed E-state index contributed by atoms with van der Waals surface area (Å²) < 4.78 is 7.89. The maximum atomic E-state index is 13.2. The molecule has 0 unspecified atom stereocenters. The van der Waals surface area contributed by atoms with Crippen molar-refractivity contribution in [3.05, 3.63) is 65.5 Å². The lowest BCUT2D eigenvalue weighted by Crippen LogP contribution is -2.16. The highest BCUT2D eigenvalue weighted by Gasteiger charge is 2.24. The van der Waals surface area contributed by atoms with Gasteiger partial charge in [0.1, 0.15) is 17.3 Å². The van der Waals surface area contributed by atoms with Gasteiger partial charge in [0, 0.05) is 12.1 Å². The minimum absolute atomic E-state index is 0.179. The summed E-state index contributed by atoms with van der Waals surface area (Å²) in [4.78, 5) is 18.0. The van der Waals surface area contributed by atoms with Crippen LogP contribution >= 0.6 is 0 Å². The molecule has 0 aliphatic carbocycles. The van der Waals surface area contributed by atoms with E-state index >= 15 is 0 Å². The lowest BCUT2D eigenvalue weighted by atomic mass is 10.1. The molecule has 0 fully saturated rings. The Kier molecular flexibility index (Phi) is 5.65. The molecule has 0 saturated carbocycles. The van der Waals surface area contributed by atoms with Crippen molar-refractivity contribution in [2.24, 2.45) is 0 Å². The number of amides is 1. The van der Waals surface area contributed by atoms with Gasteiger partial charge in [0.15, 0.2) is 0 Å². The number of carbonyl (C=O) groups is 1. The van der Waals surface area contributed by atoms with Crippen LogP contribution in [0.3, 0.4) is 0 Å². The van der Waals surface area contributed by atoms with Crippen molar-refractivity contribution in [2.45, 2.75) is 46.1 Å². The third-order valence-corrected chi connectivity index (χ3v) is 5.33. The molecule has 0 spiro atoms. The molecule has 0 saturated heterocycles. The number of aryl methyl sites for hydroxylation is 1. The molecule has 5 nitrogen and oxygen atoms in total. The third kappa shape index (κ3) is 4.04. The van der Waals surface area contributed by atoms with Crippen LogP contribution in [-0.2, 0) is 13.0 Å². The van der Waals surface area contributed by atoms with E-state index in [0.29, 0.717) is 23.7 Å². The summed E-state index contributed by atoms with van der Waals surface area (Å²) >= 11 is 0. The number of nitrogens with zero attached hydrogens (tertiary/aromatic N) is 2. The number of aromatic nitrogens is 2. The third-order valence-electron chi connectivity index (χ3n) is 5.33. The molecule has 0 bridgehead atoms. The summed E-state index contributed by atoms with van der Waals surface area (Å²) in [7, 11) is 0. The number of hydrogen-bond donors (Lipinski definition) is 1. The van der Waals surface area contributed by atoms with Gasteiger partial charge in [-0.25, -0.2) is 4.98 Å². The zero-order chi connectivity index (χ0) is 20.2. The average Bonchev–Trinajstić information content (AvgIpc) is 2.91. The topological polar surface area (TPSA) is 56.1 Å². The van der Waals surface area contributed by atoms with Gasteiger partial charge in [-0.1, -0.05) is 48.4 Å². The number of rotatable bonds is 5. The number of fused-ring (bicyclic) bond motifs is 1. The number of nitrogens with one attached hydrogen (secondary N) is 1. The molecule has 1 amide bonds. The second kappa shape index (κ2) is 8.52. The van der Waals surface area contributed by atoms with Crippen LogP contribution in [0.4, 0.5) is 5.69 Å². The lowest BCUT2D eigenvalue weighted by molar-refractivity contribution is 0.102. The van der Waals surface area contributed by atoms with E-state index in [1.807, 2.05) is 31.2 Å². The molecule has 1 N–H and O–H groups in total. The number of carbonyl (C=O) groups excluding carboxylic acids is 1. The first kappa shape index (κ1) is 19.2. The molecule has 0 atom stereocenters. The van der Waals surface area contributed by atoms with E-state index in [2.05, 4.69) is 41.1 Å². The first-order valence-corrected chi connectivity index (χ1v) is 10.4. The lowest BCUT2D eigenvalue weighted by Gasteiger charge is -2.11. The summed E-state index contributed by atoms with van der Waals surface area (Å²) in [5, 5.41) is 3.02. The fraction of sp³-hybridized carbons (Fsp3) is 0.333. The van der Waals surface area contributed by atoms with Gasteiger partial charge >= 0.3 is 0 Å². The Morgan fingerprint density at radius 2 is 1.90 bits per heavy atom. The van der Waals surface area contributed by atoms with Crippen molar-refractivity contribution in [1.82, 2.24) is 9.55 Å². The van der Waals surface area contributed by atoms with E-state index in [1.54, 1.807) is 0 Å². The Morgan fingerprint density at radius 1 is 1.10 bits per heavy atom. The van der Waals surface area contributed by atoms with Crippen LogP contribution in [0, 0.1) is 6.92 Å². The van der Waals surface area contributed by atoms with Gasteiger partial charge in [-0.3, -0.25) is 4.79 Å². The van der Waals surface area contributed by atoms with Gasteiger partial charge in [0.05, 0.1) is 18.0 Å². The van der Waals surface area contributed by atoms with Crippen molar-refractivity contribution in [3.63, 3.8) is 0 Å².